The molecular formula is C14H18N2O3S. The van der Waals surface area contributed by atoms with Gasteiger partial charge in [0.05, 0.1) is 16.6 Å². The van der Waals surface area contributed by atoms with Crippen molar-refractivity contribution >= 4 is 27.7 Å². The Morgan fingerprint density at radius 3 is 2.95 bits per heavy atom. The van der Waals surface area contributed by atoms with Crippen LogP contribution in [-0.4, -0.2) is 23.2 Å². The number of carbonyl (C=O) groups is 1. The fourth-order valence-corrected chi connectivity index (χ4v) is 2.78. The van der Waals surface area contributed by atoms with Crippen molar-refractivity contribution in [1.82, 2.24) is 9.27 Å². The number of rotatable bonds is 6. The Bertz CT molecular complexity index is 633. The van der Waals surface area contributed by atoms with E-state index in [1.165, 1.54) is 11.5 Å². The molecule has 2 aromatic rings. The second kappa shape index (κ2) is 7.09. The Hall–Kier alpha value is -1.82. The fourth-order valence-electron chi connectivity index (χ4n) is 1.80. The Balaban J connectivity index is 1.85. The topological polar surface area (TPSA) is 60.3 Å². The van der Waals surface area contributed by atoms with Crippen LogP contribution in [0.3, 0.4) is 0 Å². The number of benzene rings is 1. The smallest absolute Gasteiger partial charge is 0.407 e. The summed E-state index contributed by atoms with van der Waals surface area (Å²) in [6.07, 6.45) is 1.54. The number of aromatic nitrogens is 1. The summed E-state index contributed by atoms with van der Waals surface area (Å²) in [5.41, 5.74) is -0.0272. The summed E-state index contributed by atoms with van der Waals surface area (Å²) in [6, 6.07) is 7.47. The standard InChI is InChI=1S/C14H18N2O3S/c1-2-3-8-15-14(18)19-10-9-16-13(17)11-6-4-5-7-12(11)20-16/h4-7H,2-3,8-10H2,1H3,(H,15,18). The van der Waals surface area contributed by atoms with Gasteiger partial charge in [0.25, 0.3) is 5.56 Å². The highest BCUT2D eigenvalue weighted by atomic mass is 32.1. The van der Waals surface area contributed by atoms with Crippen molar-refractivity contribution in [2.45, 2.75) is 26.3 Å². The predicted molar refractivity (Wildman–Crippen MR) is 80.3 cm³/mol. The minimum absolute atomic E-state index is 0.0272. The van der Waals surface area contributed by atoms with E-state index in [2.05, 4.69) is 12.2 Å². The third kappa shape index (κ3) is 3.60. The summed E-state index contributed by atoms with van der Waals surface area (Å²) in [5.74, 6) is 0. The monoisotopic (exact) mass is 294 g/mol. The van der Waals surface area contributed by atoms with Gasteiger partial charge in [-0.1, -0.05) is 37.0 Å². The van der Waals surface area contributed by atoms with E-state index in [4.69, 9.17) is 4.74 Å². The van der Waals surface area contributed by atoms with Crippen molar-refractivity contribution in [2.75, 3.05) is 13.2 Å². The van der Waals surface area contributed by atoms with Gasteiger partial charge in [0, 0.05) is 6.54 Å². The number of amides is 1. The molecule has 1 aromatic carbocycles. The molecular weight excluding hydrogens is 276 g/mol. The summed E-state index contributed by atoms with van der Waals surface area (Å²) >= 11 is 1.39. The third-order valence-corrected chi connectivity index (χ3v) is 4.00. The van der Waals surface area contributed by atoms with E-state index >= 15 is 0 Å². The van der Waals surface area contributed by atoms with Crippen molar-refractivity contribution in [3.05, 3.63) is 34.6 Å². The number of nitrogens with one attached hydrogen (secondary N) is 1. The molecule has 6 heteroatoms. The van der Waals surface area contributed by atoms with Crippen molar-refractivity contribution in [3.8, 4) is 0 Å². The number of carbonyl (C=O) groups excluding carboxylic acids is 1. The zero-order valence-electron chi connectivity index (χ0n) is 11.4. The maximum absolute atomic E-state index is 12.0. The first kappa shape index (κ1) is 14.6. The maximum Gasteiger partial charge on any atom is 0.407 e. The van der Waals surface area contributed by atoms with Crippen LogP contribution in [0.1, 0.15) is 19.8 Å². The Kier molecular flexibility index (Phi) is 5.17. The van der Waals surface area contributed by atoms with Gasteiger partial charge in [0.15, 0.2) is 0 Å². The van der Waals surface area contributed by atoms with E-state index < -0.39 is 6.09 Å². The van der Waals surface area contributed by atoms with Gasteiger partial charge in [0.1, 0.15) is 6.61 Å². The summed E-state index contributed by atoms with van der Waals surface area (Å²) in [7, 11) is 0. The summed E-state index contributed by atoms with van der Waals surface area (Å²) < 4.78 is 7.60. The number of fused-ring (bicyclic) bond motifs is 1. The van der Waals surface area contributed by atoms with E-state index in [0.29, 0.717) is 18.5 Å². The Labute approximate surface area is 121 Å². The second-order valence-corrected chi connectivity index (χ2v) is 5.47. The average molecular weight is 294 g/mol. The number of nitrogens with zero attached hydrogens (tertiary/aromatic N) is 1. The average Bonchev–Trinajstić information content (AvgIpc) is 2.77. The molecule has 0 unspecified atom stereocenters. The molecule has 0 spiro atoms. The van der Waals surface area contributed by atoms with Crippen molar-refractivity contribution in [1.29, 1.82) is 0 Å². The lowest BCUT2D eigenvalue weighted by atomic mass is 10.3. The fraction of sp³-hybridized carbons (Fsp3) is 0.429. The molecule has 2 rings (SSSR count). The molecule has 1 heterocycles. The van der Waals surface area contributed by atoms with E-state index in [1.54, 1.807) is 3.96 Å². The number of unbranched alkanes of at least 4 members (excludes halogenated alkanes) is 1. The molecule has 0 saturated heterocycles. The van der Waals surface area contributed by atoms with Crippen LogP contribution in [0.4, 0.5) is 4.79 Å². The van der Waals surface area contributed by atoms with Crippen LogP contribution < -0.4 is 10.9 Å². The molecule has 20 heavy (non-hydrogen) atoms. The molecule has 0 aliphatic rings. The summed E-state index contributed by atoms with van der Waals surface area (Å²) in [6.45, 7) is 3.27. The number of hydrogen-bond acceptors (Lipinski definition) is 4. The Morgan fingerprint density at radius 1 is 1.40 bits per heavy atom. The minimum atomic E-state index is -0.424. The van der Waals surface area contributed by atoms with E-state index in [-0.39, 0.29) is 12.2 Å². The van der Waals surface area contributed by atoms with Gasteiger partial charge in [0.2, 0.25) is 0 Å². The molecule has 1 N–H and O–H groups in total. The zero-order valence-corrected chi connectivity index (χ0v) is 12.2. The normalized spacial score (nSPS) is 10.7. The molecule has 0 bridgehead atoms. The molecule has 108 valence electrons. The first-order chi connectivity index (χ1) is 9.72. The van der Waals surface area contributed by atoms with Crippen LogP contribution in [-0.2, 0) is 11.3 Å². The lowest BCUT2D eigenvalue weighted by Gasteiger charge is -2.06. The second-order valence-electron chi connectivity index (χ2n) is 4.41. The molecule has 1 aromatic heterocycles. The minimum Gasteiger partial charge on any atom is -0.448 e. The van der Waals surface area contributed by atoms with E-state index in [0.717, 1.165) is 17.5 Å². The SMILES string of the molecule is CCCCNC(=O)OCCn1sc2ccccc2c1=O. The molecule has 0 fully saturated rings. The maximum atomic E-state index is 12.0. The van der Waals surface area contributed by atoms with Gasteiger partial charge < -0.3 is 10.1 Å². The van der Waals surface area contributed by atoms with Crippen molar-refractivity contribution < 1.29 is 9.53 Å². The lowest BCUT2D eigenvalue weighted by molar-refractivity contribution is 0.142. The van der Waals surface area contributed by atoms with E-state index in [1.807, 2.05) is 24.3 Å². The van der Waals surface area contributed by atoms with Crippen LogP contribution >= 0.6 is 11.5 Å². The quantitative estimate of drug-likeness (QED) is 0.833. The zero-order chi connectivity index (χ0) is 14.4. The molecule has 0 aliphatic heterocycles. The number of ether oxygens (including phenoxy) is 1. The van der Waals surface area contributed by atoms with Gasteiger partial charge in [-0.05, 0) is 18.6 Å². The van der Waals surface area contributed by atoms with Crippen molar-refractivity contribution in [2.24, 2.45) is 0 Å². The predicted octanol–water partition coefficient (Wildman–Crippen LogP) is 2.59. The summed E-state index contributed by atoms with van der Waals surface area (Å²) in [5, 5.41) is 3.38. The largest absolute Gasteiger partial charge is 0.448 e. The highest BCUT2D eigenvalue weighted by molar-refractivity contribution is 7.13. The van der Waals surface area contributed by atoms with Crippen LogP contribution in [0.15, 0.2) is 29.1 Å². The first-order valence-electron chi connectivity index (χ1n) is 6.72. The molecule has 0 aliphatic carbocycles. The number of alkyl carbamates (subject to hydrolysis) is 1. The molecule has 5 nitrogen and oxygen atoms in total. The van der Waals surface area contributed by atoms with Crippen LogP contribution in [0.25, 0.3) is 10.1 Å². The lowest BCUT2D eigenvalue weighted by Crippen LogP contribution is -2.27. The third-order valence-electron chi connectivity index (χ3n) is 2.88. The van der Waals surface area contributed by atoms with Crippen LogP contribution in [0.2, 0.25) is 0 Å². The molecule has 0 radical (unpaired) electrons. The highest BCUT2D eigenvalue weighted by Crippen LogP contribution is 2.15. The van der Waals surface area contributed by atoms with Crippen LogP contribution in [0, 0.1) is 0 Å². The summed E-state index contributed by atoms with van der Waals surface area (Å²) in [4.78, 5) is 23.4. The van der Waals surface area contributed by atoms with Gasteiger partial charge in [-0.25, -0.2) is 4.79 Å². The van der Waals surface area contributed by atoms with Crippen molar-refractivity contribution in [3.63, 3.8) is 0 Å². The highest BCUT2D eigenvalue weighted by Gasteiger charge is 2.07. The number of hydrogen-bond donors (Lipinski definition) is 1. The molecule has 0 saturated carbocycles. The van der Waals surface area contributed by atoms with Gasteiger partial charge in [-0.2, -0.15) is 0 Å². The molecule has 0 atom stereocenters. The van der Waals surface area contributed by atoms with E-state index in [9.17, 15) is 9.59 Å². The van der Waals surface area contributed by atoms with Gasteiger partial charge in [-0.15, -0.1) is 0 Å². The van der Waals surface area contributed by atoms with Gasteiger partial charge in [-0.3, -0.25) is 8.75 Å². The first-order valence-corrected chi connectivity index (χ1v) is 7.49. The van der Waals surface area contributed by atoms with Gasteiger partial charge >= 0.3 is 6.09 Å². The molecule has 1 amide bonds. The Morgan fingerprint density at radius 2 is 2.20 bits per heavy atom. The van der Waals surface area contributed by atoms with Crippen LogP contribution in [0.5, 0.6) is 0 Å².